The lowest BCUT2D eigenvalue weighted by Crippen LogP contribution is -2.35. The molecule has 6 nitrogen and oxygen atoms in total. The van der Waals surface area contributed by atoms with Gasteiger partial charge in [-0.2, -0.15) is 0 Å². The minimum atomic E-state index is -3.63. The number of anilines is 1. The molecule has 0 aliphatic heterocycles. The molecule has 0 saturated heterocycles. The van der Waals surface area contributed by atoms with Crippen molar-refractivity contribution < 1.29 is 13.2 Å². The second-order valence-electron chi connectivity index (χ2n) is 4.64. The van der Waals surface area contributed by atoms with Gasteiger partial charge in [0, 0.05) is 24.7 Å². The summed E-state index contributed by atoms with van der Waals surface area (Å²) in [6.45, 7) is 4.48. The van der Waals surface area contributed by atoms with Gasteiger partial charge in [0.05, 0.1) is 4.90 Å². The van der Waals surface area contributed by atoms with E-state index in [0.717, 1.165) is 18.7 Å². The van der Waals surface area contributed by atoms with Crippen LogP contribution in [-0.4, -0.2) is 26.9 Å². The Morgan fingerprint density at radius 3 is 2.40 bits per heavy atom. The number of amides is 1. The zero-order valence-electron chi connectivity index (χ0n) is 11.7. The Bertz CT molecular complexity index is 540. The van der Waals surface area contributed by atoms with Gasteiger partial charge >= 0.3 is 0 Å². The number of benzene rings is 1. The summed E-state index contributed by atoms with van der Waals surface area (Å²) >= 11 is 0. The fraction of sp³-hybridized carbons (Fsp3) is 0.462. The van der Waals surface area contributed by atoms with E-state index in [0.29, 0.717) is 0 Å². The fourth-order valence-electron chi connectivity index (χ4n) is 1.70. The van der Waals surface area contributed by atoms with Crippen molar-refractivity contribution in [1.29, 1.82) is 0 Å². The topological polar surface area (TPSA) is 101 Å². The van der Waals surface area contributed by atoms with Crippen LogP contribution in [0.25, 0.3) is 0 Å². The molecular weight excluding hydrogens is 278 g/mol. The maximum absolute atomic E-state index is 12.1. The Hall–Kier alpha value is -1.60. The van der Waals surface area contributed by atoms with Crippen LogP contribution in [0, 0.1) is 0 Å². The van der Waals surface area contributed by atoms with E-state index in [2.05, 4.69) is 17.0 Å². The molecule has 4 N–H and O–H groups in total. The molecule has 0 aliphatic carbocycles. The molecule has 0 bridgehead atoms. The third-order valence-corrected chi connectivity index (χ3v) is 4.21. The molecule has 0 spiro atoms. The fourth-order valence-corrected chi connectivity index (χ4v) is 2.94. The minimum Gasteiger partial charge on any atom is -0.385 e. The highest BCUT2D eigenvalue weighted by Gasteiger charge is 2.18. The lowest BCUT2D eigenvalue weighted by atomic mass is 10.2. The van der Waals surface area contributed by atoms with Gasteiger partial charge < -0.3 is 11.1 Å². The molecule has 112 valence electrons. The molecule has 0 heterocycles. The first-order valence-electron chi connectivity index (χ1n) is 6.49. The molecule has 1 amide bonds. The molecule has 0 radical (unpaired) electrons. The van der Waals surface area contributed by atoms with Gasteiger partial charge in [-0.1, -0.05) is 6.92 Å². The number of carbonyl (C=O) groups is 1. The van der Waals surface area contributed by atoms with Crippen LogP contribution in [0.2, 0.25) is 0 Å². The Labute approximate surface area is 119 Å². The largest absolute Gasteiger partial charge is 0.385 e. The number of nitrogens with two attached hydrogens (primary N) is 1. The second-order valence-corrected chi connectivity index (χ2v) is 6.36. The average Bonchev–Trinajstić information content (AvgIpc) is 2.35. The van der Waals surface area contributed by atoms with Gasteiger partial charge in [-0.05, 0) is 37.6 Å². The summed E-state index contributed by atoms with van der Waals surface area (Å²) in [5.74, 6) is -0.542. The van der Waals surface area contributed by atoms with E-state index < -0.39 is 22.0 Å². The van der Waals surface area contributed by atoms with Gasteiger partial charge in [0.25, 0.3) is 0 Å². The van der Waals surface area contributed by atoms with E-state index in [4.69, 9.17) is 5.73 Å². The molecule has 1 aromatic rings. The standard InChI is InChI=1S/C13H21N3O3S/c1-3-8-15-11-4-6-12(7-5-11)20(18,19)16-10(2)9-13(14)17/h4-7,10,15-16H,3,8-9H2,1-2H3,(H2,14,17). The number of carbonyl (C=O) groups excluding carboxylic acids is 1. The van der Waals surface area contributed by atoms with Gasteiger partial charge in [-0.15, -0.1) is 0 Å². The molecule has 1 rings (SSSR count). The quantitative estimate of drug-likeness (QED) is 0.668. The van der Waals surface area contributed by atoms with Crippen LogP contribution >= 0.6 is 0 Å². The maximum Gasteiger partial charge on any atom is 0.240 e. The molecule has 1 atom stereocenters. The SMILES string of the molecule is CCCNc1ccc(S(=O)(=O)NC(C)CC(N)=O)cc1. The van der Waals surface area contributed by atoms with Crippen molar-refractivity contribution in [1.82, 2.24) is 4.72 Å². The summed E-state index contributed by atoms with van der Waals surface area (Å²) in [6.07, 6.45) is 0.960. The molecule has 7 heteroatoms. The number of primary amides is 1. The lowest BCUT2D eigenvalue weighted by Gasteiger charge is -2.13. The Morgan fingerprint density at radius 1 is 1.30 bits per heavy atom. The van der Waals surface area contributed by atoms with Crippen LogP contribution in [0.5, 0.6) is 0 Å². The molecular formula is C13H21N3O3S. The van der Waals surface area contributed by atoms with Crippen LogP contribution in [0.1, 0.15) is 26.7 Å². The van der Waals surface area contributed by atoms with Crippen molar-refractivity contribution in [3.05, 3.63) is 24.3 Å². The van der Waals surface area contributed by atoms with Crippen molar-refractivity contribution in [2.45, 2.75) is 37.6 Å². The van der Waals surface area contributed by atoms with Crippen LogP contribution in [-0.2, 0) is 14.8 Å². The molecule has 0 aromatic heterocycles. The van der Waals surface area contributed by atoms with E-state index >= 15 is 0 Å². The number of rotatable bonds is 8. The van der Waals surface area contributed by atoms with Gasteiger partial charge in [0.2, 0.25) is 15.9 Å². The Balaban J connectivity index is 2.74. The molecule has 1 aromatic carbocycles. The normalized spacial score (nSPS) is 12.9. The zero-order valence-corrected chi connectivity index (χ0v) is 12.5. The van der Waals surface area contributed by atoms with Crippen LogP contribution in [0.15, 0.2) is 29.2 Å². The zero-order chi connectivity index (χ0) is 15.2. The molecule has 1 unspecified atom stereocenters. The third-order valence-electron chi connectivity index (χ3n) is 2.61. The van der Waals surface area contributed by atoms with Crippen LogP contribution < -0.4 is 15.8 Å². The summed E-state index contributed by atoms with van der Waals surface area (Å²) in [4.78, 5) is 10.9. The van der Waals surface area contributed by atoms with E-state index in [-0.39, 0.29) is 11.3 Å². The van der Waals surface area contributed by atoms with Crippen molar-refractivity contribution in [3.63, 3.8) is 0 Å². The summed E-state index contributed by atoms with van der Waals surface area (Å²) in [7, 11) is -3.63. The van der Waals surface area contributed by atoms with E-state index in [1.165, 1.54) is 12.1 Å². The van der Waals surface area contributed by atoms with Gasteiger partial charge in [-0.3, -0.25) is 4.79 Å². The first-order valence-corrected chi connectivity index (χ1v) is 7.98. The summed E-state index contributed by atoms with van der Waals surface area (Å²) in [6, 6.07) is 5.94. The number of sulfonamides is 1. The second kappa shape index (κ2) is 7.25. The summed E-state index contributed by atoms with van der Waals surface area (Å²) in [5, 5.41) is 3.16. The van der Waals surface area contributed by atoms with Crippen molar-refractivity contribution in [3.8, 4) is 0 Å². The first kappa shape index (κ1) is 16.5. The highest BCUT2D eigenvalue weighted by molar-refractivity contribution is 7.89. The number of hydrogen-bond acceptors (Lipinski definition) is 4. The van der Waals surface area contributed by atoms with Gasteiger partial charge in [0.15, 0.2) is 0 Å². The van der Waals surface area contributed by atoms with Gasteiger partial charge in [0.1, 0.15) is 0 Å². The smallest absolute Gasteiger partial charge is 0.240 e. The maximum atomic E-state index is 12.1. The highest BCUT2D eigenvalue weighted by Crippen LogP contribution is 2.14. The van der Waals surface area contributed by atoms with E-state index in [9.17, 15) is 13.2 Å². The molecule has 0 aliphatic rings. The van der Waals surface area contributed by atoms with Crippen molar-refractivity contribution >= 4 is 21.6 Å². The lowest BCUT2D eigenvalue weighted by molar-refractivity contribution is -0.118. The van der Waals surface area contributed by atoms with E-state index in [1.54, 1.807) is 19.1 Å². The average molecular weight is 299 g/mol. The van der Waals surface area contributed by atoms with E-state index in [1.807, 2.05) is 0 Å². The predicted octanol–water partition coefficient (Wildman–Crippen LogP) is 1.05. The molecule has 0 saturated carbocycles. The van der Waals surface area contributed by atoms with Crippen molar-refractivity contribution in [2.75, 3.05) is 11.9 Å². The third kappa shape index (κ3) is 5.18. The highest BCUT2D eigenvalue weighted by atomic mass is 32.2. The minimum absolute atomic E-state index is 0.0324. The van der Waals surface area contributed by atoms with Crippen molar-refractivity contribution in [2.24, 2.45) is 5.73 Å². The Kier molecular flexibility index (Phi) is 5.97. The number of nitrogens with one attached hydrogen (secondary N) is 2. The number of hydrogen-bond donors (Lipinski definition) is 3. The monoisotopic (exact) mass is 299 g/mol. The summed E-state index contributed by atoms with van der Waals surface area (Å²) in [5.41, 5.74) is 5.91. The summed E-state index contributed by atoms with van der Waals surface area (Å²) < 4.78 is 26.5. The molecule has 0 fully saturated rings. The molecule has 20 heavy (non-hydrogen) atoms. The first-order chi connectivity index (χ1) is 9.35. The predicted molar refractivity (Wildman–Crippen MR) is 78.8 cm³/mol. The van der Waals surface area contributed by atoms with Crippen LogP contribution in [0.4, 0.5) is 5.69 Å². The Morgan fingerprint density at radius 2 is 1.90 bits per heavy atom. The van der Waals surface area contributed by atoms with Gasteiger partial charge in [-0.25, -0.2) is 13.1 Å². The van der Waals surface area contributed by atoms with Crippen LogP contribution in [0.3, 0.4) is 0 Å².